The molecule has 0 N–H and O–H groups in total. The molecule has 2 nitrogen and oxygen atoms in total. The van der Waals surface area contributed by atoms with Crippen molar-refractivity contribution in [2.24, 2.45) is 0 Å². The molecule has 0 saturated heterocycles. The molecule has 210 valence electrons. The first-order valence-corrected chi connectivity index (χ1v) is 16.9. The lowest BCUT2D eigenvalue weighted by atomic mass is 9.94. The predicted molar refractivity (Wildman–Crippen MR) is 193 cm³/mol. The molecule has 0 spiro atoms. The van der Waals surface area contributed by atoms with Crippen molar-refractivity contribution < 1.29 is 9.47 Å². The van der Waals surface area contributed by atoms with E-state index in [2.05, 4.69) is 121 Å². The summed E-state index contributed by atoms with van der Waals surface area (Å²) in [6.07, 6.45) is 5.29. The molecular formula is C41H29O2P. The van der Waals surface area contributed by atoms with E-state index in [1.54, 1.807) is 14.2 Å². The van der Waals surface area contributed by atoms with Gasteiger partial charge in [-0.05, 0) is 106 Å². The van der Waals surface area contributed by atoms with Crippen molar-refractivity contribution in [1.82, 2.24) is 0 Å². The van der Waals surface area contributed by atoms with Crippen LogP contribution in [0.4, 0.5) is 0 Å². The van der Waals surface area contributed by atoms with E-state index in [0.29, 0.717) is 11.5 Å². The van der Waals surface area contributed by atoms with E-state index in [1.807, 2.05) is 6.07 Å². The second-order valence-electron chi connectivity index (χ2n) is 11.7. The van der Waals surface area contributed by atoms with E-state index < -0.39 is 6.89 Å². The first kappa shape index (κ1) is 25.5. The summed E-state index contributed by atoms with van der Waals surface area (Å²) < 4.78 is 11.5. The van der Waals surface area contributed by atoms with Gasteiger partial charge in [0.1, 0.15) is 0 Å². The van der Waals surface area contributed by atoms with Crippen LogP contribution in [-0.4, -0.2) is 20.5 Å². The summed E-state index contributed by atoms with van der Waals surface area (Å²) in [5, 5.41) is 19.0. The Hall–Kier alpha value is -5.04. The molecule has 3 heteroatoms. The third-order valence-electron chi connectivity index (χ3n) is 9.64. The number of benzene rings is 9. The lowest BCUT2D eigenvalue weighted by Crippen LogP contribution is -2.27. The summed E-state index contributed by atoms with van der Waals surface area (Å²) in [5.74, 6) is 1.43. The molecule has 0 aliphatic carbocycles. The van der Waals surface area contributed by atoms with Crippen LogP contribution in [0.3, 0.4) is 0 Å². The number of methoxy groups -OCH3 is 2. The highest BCUT2D eigenvalue weighted by atomic mass is 31.2. The molecule has 0 fully saturated rings. The van der Waals surface area contributed by atoms with Crippen LogP contribution in [-0.2, 0) is 0 Å². The summed E-state index contributed by atoms with van der Waals surface area (Å²) in [4.78, 5) is 0. The fraction of sp³-hybridized carbons (Fsp3) is 0.0488. The van der Waals surface area contributed by atoms with Crippen LogP contribution in [0.1, 0.15) is 0 Å². The van der Waals surface area contributed by atoms with Gasteiger partial charge in [-0.15, -0.1) is 0 Å². The SMILES string of the molecule is C=P(c1ccc(OC)c(OC)c1)(c1ccc2ccc3cccc4ccc1c2c34)c1ccc2ccc3cccc4ccc1c2c34. The van der Waals surface area contributed by atoms with E-state index in [4.69, 9.17) is 15.8 Å². The Morgan fingerprint density at radius 1 is 0.432 bits per heavy atom. The Kier molecular flexibility index (Phi) is 5.34. The molecule has 0 aromatic heterocycles. The first-order valence-electron chi connectivity index (χ1n) is 14.9. The standard InChI is InChI=1S/C41H29O2P/c1-42-34-21-18-31(24-35(34)43-2)44(3,36-22-16-29-12-10-25-6-4-8-27-14-19-32(36)40(29)38(25)27)37-23-17-30-13-11-26-7-5-9-28-15-20-33(37)41(30)39(26)28/h4-24H,3H2,1-2H3. The molecule has 44 heavy (non-hydrogen) atoms. The summed E-state index contributed by atoms with van der Waals surface area (Å²) in [7, 11) is 3.39. The molecule has 9 rings (SSSR count). The molecule has 0 amide bonds. The van der Waals surface area contributed by atoms with Gasteiger partial charge >= 0.3 is 0 Å². The average molecular weight is 585 g/mol. The number of hydrogen-bond donors (Lipinski definition) is 0. The summed E-state index contributed by atoms with van der Waals surface area (Å²) in [6, 6.07) is 47.0. The quantitative estimate of drug-likeness (QED) is 0.148. The van der Waals surface area contributed by atoms with Crippen molar-refractivity contribution in [3.63, 3.8) is 0 Å². The molecule has 9 aromatic carbocycles. The molecule has 0 aliphatic heterocycles. The minimum Gasteiger partial charge on any atom is -0.493 e. The van der Waals surface area contributed by atoms with E-state index in [0.717, 1.165) is 5.30 Å². The normalized spacial score (nSPS) is 12.4. The monoisotopic (exact) mass is 584 g/mol. The van der Waals surface area contributed by atoms with Crippen LogP contribution >= 0.6 is 6.89 Å². The van der Waals surface area contributed by atoms with Gasteiger partial charge in [-0.2, -0.15) is 0 Å². The molecule has 0 heterocycles. The summed E-state index contributed by atoms with van der Waals surface area (Å²) in [6.45, 7) is -2.50. The number of hydrogen-bond acceptors (Lipinski definition) is 2. The molecule has 0 radical (unpaired) electrons. The van der Waals surface area contributed by atoms with Crippen molar-refractivity contribution in [2.75, 3.05) is 14.2 Å². The number of rotatable bonds is 5. The van der Waals surface area contributed by atoms with E-state index in [9.17, 15) is 0 Å². The van der Waals surface area contributed by atoms with Gasteiger partial charge in [-0.25, -0.2) is 0 Å². The number of ether oxygens (including phenoxy) is 2. The smallest absolute Gasteiger partial charge is 0.161 e. The zero-order valence-corrected chi connectivity index (χ0v) is 25.5. The molecule has 9 aromatic rings. The van der Waals surface area contributed by atoms with Crippen molar-refractivity contribution in [3.05, 3.63) is 127 Å². The van der Waals surface area contributed by atoms with Crippen LogP contribution in [0.2, 0.25) is 0 Å². The van der Waals surface area contributed by atoms with Crippen LogP contribution in [0.15, 0.2) is 127 Å². The third kappa shape index (κ3) is 3.32. The Bertz CT molecular complexity index is 2430. The van der Waals surface area contributed by atoms with Gasteiger partial charge in [0.25, 0.3) is 0 Å². The van der Waals surface area contributed by atoms with Crippen molar-refractivity contribution in [2.45, 2.75) is 0 Å². The van der Waals surface area contributed by atoms with Crippen molar-refractivity contribution >= 4 is 93.7 Å². The zero-order chi connectivity index (χ0) is 29.6. The van der Waals surface area contributed by atoms with Gasteiger partial charge in [0, 0.05) is 0 Å². The molecule has 0 bridgehead atoms. The van der Waals surface area contributed by atoms with Crippen LogP contribution in [0.5, 0.6) is 11.5 Å². The Balaban J connectivity index is 1.46. The first-order chi connectivity index (χ1) is 21.6. The van der Waals surface area contributed by atoms with Gasteiger partial charge < -0.3 is 9.47 Å². The molecule has 0 aliphatic rings. The maximum absolute atomic E-state index is 5.87. The Morgan fingerprint density at radius 2 is 0.841 bits per heavy atom. The second kappa shape index (κ2) is 9.23. The van der Waals surface area contributed by atoms with Gasteiger partial charge in [0.2, 0.25) is 0 Å². The minimum absolute atomic E-state index is 0.716. The van der Waals surface area contributed by atoms with Crippen LogP contribution in [0.25, 0.3) is 64.6 Å². The zero-order valence-electron chi connectivity index (χ0n) is 24.6. The maximum Gasteiger partial charge on any atom is 0.161 e. The van der Waals surface area contributed by atoms with Gasteiger partial charge in [0.05, 0.1) is 14.2 Å². The van der Waals surface area contributed by atoms with Gasteiger partial charge in [0.15, 0.2) is 11.5 Å². The van der Waals surface area contributed by atoms with Crippen LogP contribution in [0, 0.1) is 0 Å². The van der Waals surface area contributed by atoms with E-state index >= 15 is 0 Å². The van der Waals surface area contributed by atoms with Gasteiger partial charge in [-0.1, -0.05) is 115 Å². The second-order valence-corrected chi connectivity index (χ2v) is 14.8. The predicted octanol–water partition coefficient (Wildman–Crippen LogP) is 9.22. The molecule has 0 atom stereocenters. The molecular weight excluding hydrogens is 555 g/mol. The largest absolute Gasteiger partial charge is 0.493 e. The van der Waals surface area contributed by atoms with Crippen LogP contribution < -0.4 is 25.4 Å². The highest BCUT2D eigenvalue weighted by Gasteiger charge is 2.29. The third-order valence-corrected chi connectivity index (χ3v) is 13.2. The maximum atomic E-state index is 5.87. The summed E-state index contributed by atoms with van der Waals surface area (Å²) >= 11 is 0. The fourth-order valence-corrected chi connectivity index (χ4v) is 10.9. The Morgan fingerprint density at radius 3 is 1.30 bits per heavy atom. The van der Waals surface area contributed by atoms with E-state index in [1.165, 1.54) is 75.2 Å². The Labute approximate surface area is 255 Å². The minimum atomic E-state index is -2.50. The van der Waals surface area contributed by atoms with E-state index in [-0.39, 0.29) is 0 Å². The van der Waals surface area contributed by atoms with Gasteiger partial charge in [-0.3, -0.25) is 0 Å². The molecule has 0 unspecified atom stereocenters. The molecule has 0 saturated carbocycles. The highest BCUT2D eigenvalue weighted by molar-refractivity contribution is 7.94. The fourth-order valence-electron chi connectivity index (χ4n) is 7.58. The average Bonchev–Trinajstić information content (AvgIpc) is 3.08. The van der Waals surface area contributed by atoms with Crippen molar-refractivity contribution in [3.8, 4) is 11.5 Å². The topological polar surface area (TPSA) is 18.5 Å². The van der Waals surface area contributed by atoms with Crippen molar-refractivity contribution in [1.29, 1.82) is 0 Å². The summed E-state index contributed by atoms with van der Waals surface area (Å²) in [5.41, 5.74) is 0. The lowest BCUT2D eigenvalue weighted by molar-refractivity contribution is 0.355. The lowest BCUT2D eigenvalue weighted by Gasteiger charge is -2.31. The highest BCUT2D eigenvalue weighted by Crippen LogP contribution is 2.50.